The van der Waals surface area contributed by atoms with E-state index in [-0.39, 0.29) is 17.9 Å². The Kier molecular flexibility index (Phi) is 4.16. The van der Waals surface area contributed by atoms with Gasteiger partial charge < -0.3 is 4.74 Å². The van der Waals surface area contributed by atoms with E-state index in [1.807, 2.05) is 6.07 Å². The summed E-state index contributed by atoms with van der Waals surface area (Å²) >= 11 is 1.15. The predicted octanol–water partition coefficient (Wildman–Crippen LogP) is 2.75. The maximum atomic E-state index is 12.7. The Morgan fingerprint density at radius 2 is 2.04 bits per heavy atom. The number of fused-ring (bicyclic) bond motifs is 2. The van der Waals surface area contributed by atoms with Gasteiger partial charge in [0.25, 0.3) is 5.56 Å². The number of nitrogens with zero attached hydrogens (tertiary/aromatic N) is 2. The second kappa shape index (κ2) is 6.49. The summed E-state index contributed by atoms with van der Waals surface area (Å²) in [4.78, 5) is 42.6. The van der Waals surface area contributed by atoms with Crippen LogP contribution in [0.2, 0.25) is 0 Å². The van der Waals surface area contributed by atoms with Crippen LogP contribution in [-0.2, 0) is 17.7 Å². The highest BCUT2D eigenvalue weighted by molar-refractivity contribution is 7.20. The van der Waals surface area contributed by atoms with Crippen LogP contribution >= 0.6 is 11.3 Å². The minimum Gasteiger partial charge on any atom is -0.453 e. The van der Waals surface area contributed by atoms with Crippen LogP contribution in [0.5, 0.6) is 0 Å². The zero-order valence-corrected chi connectivity index (χ0v) is 15.0. The molecule has 0 spiro atoms. The quantitative estimate of drug-likeness (QED) is 0.523. The molecule has 26 heavy (non-hydrogen) atoms. The van der Waals surface area contributed by atoms with E-state index in [0.717, 1.165) is 30.0 Å². The highest BCUT2D eigenvalue weighted by Crippen LogP contribution is 2.29. The third-order valence-corrected chi connectivity index (χ3v) is 5.69. The zero-order chi connectivity index (χ0) is 18.3. The molecular formula is C19H16N2O4S. The number of rotatable bonds is 4. The van der Waals surface area contributed by atoms with Crippen molar-refractivity contribution in [1.29, 1.82) is 0 Å². The van der Waals surface area contributed by atoms with Gasteiger partial charge in [0, 0.05) is 18.5 Å². The van der Waals surface area contributed by atoms with Crippen molar-refractivity contribution in [2.45, 2.75) is 26.3 Å². The summed E-state index contributed by atoms with van der Waals surface area (Å²) in [5, 5.41) is 0.474. The average molecular weight is 368 g/mol. The van der Waals surface area contributed by atoms with E-state index in [0.29, 0.717) is 32.8 Å². The molecule has 0 N–H and O–H groups in total. The minimum absolute atomic E-state index is 0.101. The van der Waals surface area contributed by atoms with Crippen molar-refractivity contribution in [3.8, 4) is 0 Å². The first-order valence-electron chi connectivity index (χ1n) is 8.34. The smallest absolute Gasteiger partial charge is 0.349 e. The van der Waals surface area contributed by atoms with Crippen molar-refractivity contribution < 1.29 is 14.3 Å². The van der Waals surface area contributed by atoms with E-state index in [2.05, 4.69) is 4.98 Å². The number of ether oxygens (including phenoxy) is 1. The maximum Gasteiger partial charge on any atom is 0.349 e. The first kappa shape index (κ1) is 16.7. The van der Waals surface area contributed by atoms with Crippen LogP contribution in [0, 0.1) is 6.92 Å². The molecular weight excluding hydrogens is 352 g/mol. The molecule has 0 fully saturated rings. The van der Waals surface area contributed by atoms with Crippen LogP contribution in [0.1, 0.15) is 37.8 Å². The van der Waals surface area contributed by atoms with Crippen LogP contribution in [0.15, 0.2) is 35.1 Å². The molecule has 3 heterocycles. The minimum atomic E-state index is -0.598. The first-order chi connectivity index (χ1) is 12.6. The van der Waals surface area contributed by atoms with E-state index in [4.69, 9.17) is 4.74 Å². The molecule has 0 aliphatic carbocycles. The second-order valence-electron chi connectivity index (χ2n) is 6.19. The fraction of sp³-hybridized carbons (Fsp3) is 0.263. The zero-order valence-electron chi connectivity index (χ0n) is 14.2. The Hall–Kier alpha value is -2.80. The molecule has 7 heteroatoms. The standard InChI is InChI=1S/C19H16N2O4S/c1-11-15-17(20-14-8-5-9-21(14)18(15)23)26-16(11)19(24)25-10-13(22)12-6-3-2-4-7-12/h2-4,6-7H,5,8-10H2,1H3. The first-order valence-corrected chi connectivity index (χ1v) is 9.16. The Labute approximate surface area is 153 Å². The summed E-state index contributed by atoms with van der Waals surface area (Å²) in [6.45, 7) is 2.05. The summed E-state index contributed by atoms with van der Waals surface area (Å²) in [6, 6.07) is 8.67. The number of aromatic nitrogens is 2. The lowest BCUT2D eigenvalue weighted by Crippen LogP contribution is -2.20. The van der Waals surface area contributed by atoms with Crippen molar-refractivity contribution in [2.75, 3.05) is 6.61 Å². The molecule has 1 aliphatic heterocycles. The Morgan fingerprint density at radius 3 is 2.81 bits per heavy atom. The normalized spacial score (nSPS) is 13.0. The van der Waals surface area contributed by atoms with Crippen LogP contribution in [0.3, 0.4) is 0 Å². The average Bonchev–Trinajstić information content (AvgIpc) is 3.25. The largest absolute Gasteiger partial charge is 0.453 e. The van der Waals surface area contributed by atoms with Gasteiger partial charge in [-0.15, -0.1) is 11.3 Å². The molecule has 0 amide bonds. The molecule has 1 aliphatic rings. The van der Waals surface area contributed by atoms with E-state index < -0.39 is 5.97 Å². The topological polar surface area (TPSA) is 78.3 Å². The number of benzene rings is 1. The monoisotopic (exact) mass is 368 g/mol. The lowest BCUT2D eigenvalue weighted by atomic mass is 10.1. The summed E-state index contributed by atoms with van der Waals surface area (Å²) in [7, 11) is 0. The number of carbonyl (C=O) groups is 2. The van der Waals surface area contributed by atoms with Crippen molar-refractivity contribution in [3.05, 3.63) is 62.5 Å². The van der Waals surface area contributed by atoms with Gasteiger partial charge in [0.15, 0.2) is 12.4 Å². The summed E-state index contributed by atoms with van der Waals surface area (Å²) < 4.78 is 6.86. The van der Waals surface area contributed by atoms with Crippen LogP contribution < -0.4 is 5.56 Å². The lowest BCUT2D eigenvalue weighted by Gasteiger charge is -2.04. The Morgan fingerprint density at radius 1 is 1.27 bits per heavy atom. The molecule has 0 atom stereocenters. The highest BCUT2D eigenvalue weighted by atomic mass is 32.1. The lowest BCUT2D eigenvalue weighted by molar-refractivity contribution is 0.0479. The van der Waals surface area contributed by atoms with Gasteiger partial charge in [-0.3, -0.25) is 14.2 Å². The number of hydrogen-bond donors (Lipinski definition) is 0. The molecule has 2 aromatic heterocycles. The molecule has 6 nitrogen and oxygen atoms in total. The van der Waals surface area contributed by atoms with Gasteiger partial charge in [0.2, 0.25) is 0 Å². The van der Waals surface area contributed by atoms with Gasteiger partial charge in [-0.1, -0.05) is 30.3 Å². The van der Waals surface area contributed by atoms with Gasteiger partial charge in [-0.2, -0.15) is 0 Å². The van der Waals surface area contributed by atoms with Crippen molar-refractivity contribution in [3.63, 3.8) is 0 Å². The third-order valence-electron chi connectivity index (χ3n) is 4.53. The van der Waals surface area contributed by atoms with E-state index in [1.54, 1.807) is 35.8 Å². The van der Waals surface area contributed by atoms with E-state index in [1.165, 1.54) is 0 Å². The van der Waals surface area contributed by atoms with Gasteiger partial charge in [-0.05, 0) is 18.9 Å². The molecule has 0 unspecified atom stereocenters. The Balaban J connectivity index is 1.60. The van der Waals surface area contributed by atoms with E-state index >= 15 is 0 Å². The van der Waals surface area contributed by atoms with Crippen molar-refractivity contribution in [1.82, 2.24) is 9.55 Å². The molecule has 0 saturated carbocycles. The summed E-state index contributed by atoms with van der Waals surface area (Å²) in [5.74, 6) is -0.0999. The molecule has 4 rings (SSSR count). The summed E-state index contributed by atoms with van der Waals surface area (Å²) in [5.41, 5.74) is 0.960. The molecule has 3 aromatic rings. The number of esters is 1. The molecule has 0 radical (unpaired) electrons. The molecule has 0 saturated heterocycles. The third kappa shape index (κ3) is 2.74. The Bertz CT molecular complexity index is 1080. The van der Waals surface area contributed by atoms with Gasteiger partial charge in [0.05, 0.1) is 5.39 Å². The number of carbonyl (C=O) groups excluding carboxylic acids is 2. The number of ketones is 1. The fourth-order valence-corrected chi connectivity index (χ4v) is 4.26. The van der Waals surface area contributed by atoms with Crippen LogP contribution in [0.25, 0.3) is 10.2 Å². The van der Waals surface area contributed by atoms with Crippen molar-refractivity contribution in [2.24, 2.45) is 0 Å². The van der Waals surface area contributed by atoms with E-state index in [9.17, 15) is 14.4 Å². The molecule has 132 valence electrons. The van der Waals surface area contributed by atoms with Crippen molar-refractivity contribution >= 4 is 33.3 Å². The molecule has 0 bridgehead atoms. The number of hydrogen-bond acceptors (Lipinski definition) is 6. The predicted molar refractivity (Wildman–Crippen MR) is 98.0 cm³/mol. The summed E-state index contributed by atoms with van der Waals surface area (Å²) in [6.07, 6.45) is 1.68. The maximum absolute atomic E-state index is 12.7. The number of Topliss-reactive ketones (excluding diaryl/α,β-unsaturated/α-hetero) is 1. The van der Waals surface area contributed by atoms with Crippen LogP contribution in [0.4, 0.5) is 0 Å². The van der Waals surface area contributed by atoms with Gasteiger partial charge in [0.1, 0.15) is 15.5 Å². The highest BCUT2D eigenvalue weighted by Gasteiger charge is 2.24. The SMILES string of the molecule is Cc1c(C(=O)OCC(=O)c2ccccc2)sc2nc3n(c(=O)c12)CCC3. The fourth-order valence-electron chi connectivity index (χ4n) is 3.17. The number of aryl methyl sites for hydroxylation is 2. The van der Waals surface area contributed by atoms with Crippen LogP contribution in [-0.4, -0.2) is 27.9 Å². The molecule has 1 aromatic carbocycles. The van der Waals surface area contributed by atoms with Gasteiger partial charge >= 0.3 is 5.97 Å². The second-order valence-corrected chi connectivity index (χ2v) is 7.19. The number of thiophene rings is 1. The van der Waals surface area contributed by atoms with Gasteiger partial charge in [-0.25, -0.2) is 9.78 Å².